The summed E-state index contributed by atoms with van der Waals surface area (Å²) < 4.78 is 0. The third-order valence-electron chi connectivity index (χ3n) is 9.75. The second-order valence-electron chi connectivity index (χ2n) is 13.4. The summed E-state index contributed by atoms with van der Waals surface area (Å²) in [7, 11) is -1.43. The van der Waals surface area contributed by atoms with Gasteiger partial charge < -0.3 is 0 Å². The molecular weight excluding hydrogens is 533 g/mol. The third-order valence-corrected chi connectivity index (χ3v) is 11.8. The minimum atomic E-state index is -1.43. The smallest absolute Gasteiger partial charge is 0.0775 e. The van der Waals surface area contributed by atoms with Gasteiger partial charge in [-0.3, -0.25) is 0 Å². The Labute approximate surface area is 260 Å². The summed E-state index contributed by atoms with van der Waals surface area (Å²) in [6.45, 7) is 16.0. The first kappa shape index (κ1) is 29.1. The maximum atomic E-state index is 4.17. The summed E-state index contributed by atoms with van der Waals surface area (Å²) in [5, 5.41) is 1.50. The standard InChI is InChI=1S/C42H44Si/c1-7-9-27-42(36-21-23-37(24-22-36)43(4,5)6)40-28-34(32-13-11-10-12-14-32)19-25-38(40)39-26-20-35(29-41(39)42)33-17-15-31(16-18-33)30(3)8-2/h7,10-26,28-30H,1,8-9,27H2,2-6H3. The maximum absolute atomic E-state index is 4.17. The summed E-state index contributed by atoms with van der Waals surface area (Å²) >= 11 is 0. The van der Waals surface area contributed by atoms with E-state index in [0.29, 0.717) is 5.92 Å². The molecule has 0 fully saturated rings. The topological polar surface area (TPSA) is 0 Å². The number of fused-ring (bicyclic) bond motifs is 3. The van der Waals surface area contributed by atoms with Gasteiger partial charge in [-0.15, -0.1) is 6.58 Å². The van der Waals surface area contributed by atoms with Crippen LogP contribution in [0.2, 0.25) is 19.6 Å². The van der Waals surface area contributed by atoms with Crippen LogP contribution in [0.25, 0.3) is 33.4 Å². The van der Waals surface area contributed by atoms with Crippen LogP contribution in [0.15, 0.2) is 128 Å². The Balaban J connectivity index is 1.58. The lowest BCUT2D eigenvalue weighted by atomic mass is 9.69. The Morgan fingerprint density at radius 3 is 1.72 bits per heavy atom. The maximum Gasteiger partial charge on any atom is 0.0775 e. The number of rotatable bonds is 9. The molecule has 5 aromatic carbocycles. The molecule has 6 rings (SSSR count). The largest absolute Gasteiger partial charge is 0.103 e. The van der Waals surface area contributed by atoms with Gasteiger partial charge in [0.2, 0.25) is 0 Å². The Hall–Kier alpha value is -3.94. The van der Waals surface area contributed by atoms with E-state index < -0.39 is 8.07 Å². The molecule has 1 aliphatic rings. The van der Waals surface area contributed by atoms with Crippen molar-refractivity contribution in [1.29, 1.82) is 0 Å². The zero-order valence-electron chi connectivity index (χ0n) is 26.5. The molecule has 0 spiro atoms. The molecule has 0 saturated heterocycles. The second-order valence-corrected chi connectivity index (χ2v) is 18.5. The van der Waals surface area contributed by atoms with Crippen molar-refractivity contribution in [2.45, 2.75) is 64.1 Å². The normalized spacial score (nSPS) is 16.4. The van der Waals surface area contributed by atoms with Crippen molar-refractivity contribution >= 4 is 13.3 Å². The van der Waals surface area contributed by atoms with E-state index in [1.807, 2.05) is 0 Å². The molecule has 2 atom stereocenters. The van der Waals surface area contributed by atoms with Gasteiger partial charge in [0, 0.05) is 5.41 Å². The molecule has 2 unspecified atom stereocenters. The van der Waals surface area contributed by atoms with Crippen molar-refractivity contribution in [3.63, 3.8) is 0 Å². The van der Waals surface area contributed by atoms with E-state index >= 15 is 0 Å². The fourth-order valence-corrected chi connectivity index (χ4v) is 8.10. The van der Waals surface area contributed by atoms with Crippen molar-refractivity contribution in [3.8, 4) is 33.4 Å². The van der Waals surface area contributed by atoms with Crippen LogP contribution in [-0.4, -0.2) is 8.07 Å². The van der Waals surface area contributed by atoms with Gasteiger partial charge in [0.25, 0.3) is 0 Å². The van der Waals surface area contributed by atoms with Gasteiger partial charge in [-0.05, 0) is 92.9 Å². The van der Waals surface area contributed by atoms with Crippen LogP contribution in [0.4, 0.5) is 0 Å². The predicted octanol–water partition coefficient (Wildman–Crippen LogP) is 11.4. The average Bonchev–Trinajstić information content (AvgIpc) is 3.32. The molecule has 0 amide bonds. The number of hydrogen-bond donors (Lipinski definition) is 0. The van der Waals surface area contributed by atoms with E-state index in [1.54, 1.807) is 0 Å². The molecule has 0 N–H and O–H groups in total. The average molecular weight is 577 g/mol. The van der Waals surface area contributed by atoms with Gasteiger partial charge >= 0.3 is 0 Å². The lowest BCUT2D eigenvalue weighted by molar-refractivity contribution is 0.580. The van der Waals surface area contributed by atoms with Crippen molar-refractivity contribution < 1.29 is 0 Å². The van der Waals surface area contributed by atoms with E-state index in [4.69, 9.17) is 0 Å². The van der Waals surface area contributed by atoms with Gasteiger partial charge in [0.1, 0.15) is 0 Å². The van der Waals surface area contributed by atoms with Crippen LogP contribution < -0.4 is 5.19 Å². The Kier molecular flexibility index (Phi) is 7.88. The van der Waals surface area contributed by atoms with E-state index in [2.05, 4.69) is 161 Å². The van der Waals surface area contributed by atoms with Crippen molar-refractivity contribution in [2.75, 3.05) is 0 Å². The molecule has 216 valence electrons. The lowest BCUT2D eigenvalue weighted by Crippen LogP contribution is -2.38. The molecule has 0 nitrogen and oxygen atoms in total. The van der Waals surface area contributed by atoms with Gasteiger partial charge in [0.15, 0.2) is 0 Å². The van der Waals surface area contributed by atoms with E-state index in [9.17, 15) is 0 Å². The fourth-order valence-electron chi connectivity index (χ4n) is 6.94. The lowest BCUT2D eigenvalue weighted by Gasteiger charge is -2.34. The molecule has 43 heavy (non-hydrogen) atoms. The highest BCUT2D eigenvalue weighted by Crippen LogP contribution is 2.56. The van der Waals surface area contributed by atoms with Gasteiger partial charge in [-0.25, -0.2) is 0 Å². The molecule has 5 aromatic rings. The Morgan fingerprint density at radius 1 is 0.674 bits per heavy atom. The molecule has 0 radical (unpaired) electrons. The van der Waals surface area contributed by atoms with E-state index in [1.165, 1.54) is 60.8 Å². The summed E-state index contributed by atoms with van der Waals surface area (Å²) in [5.41, 5.74) is 13.2. The van der Waals surface area contributed by atoms with Crippen LogP contribution in [-0.2, 0) is 5.41 Å². The van der Waals surface area contributed by atoms with Crippen molar-refractivity contribution in [2.24, 2.45) is 0 Å². The first-order chi connectivity index (χ1) is 20.8. The van der Waals surface area contributed by atoms with Crippen molar-refractivity contribution in [3.05, 3.63) is 150 Å². The monoisotopic (exact) mass is 576 g/mol. The second kappa shape index (κ2) is 11.6. The quantitative estimate of drug-likeness (QED) is 0.121. The van der Waals surface area contributed by atoms with Gasteiger partial charge in [0.05, 0.1) is 8.07 Å². The Bertz CT molecular complexity index is 1740. The third kappa shape index (κ3) is 5.25. The molecule has 0 heterocycles. The highest BCUT2D eigenvalue weighted by Gasteiger charge is 2.44. The van der Waals surface area contributed by atoms with Crippen LogP contribution in [0, 0.1) is 0 Å². The summed E-state index contributed by atoms with van der Waals surface area (Å²) in [4.78, 5) is 0. The van der Waals surface area contributed by atoms with Crippen LogP contribution in [0.5, 0.6) is 0 Å². The molecule has 0 saturated carbocycles. The SMILES string of the molecule is C=CCCC1(c2ccc([Si](C)(C)C)cc2)c2cc(-c3ccccc3)ccc2-c2ccc(-c3ccc(C(C)CC)cc3)cc21. The molecule has 1 aliphatic carbocycles. The van der Waals surface area contributed by atoms with Gasteiger partial charge in [-0.2, -0.15) is 0 Å². The summed E-state index contributed by atoms with van der Waals surface area (Å²) in [5.74, 6) is 0.577. The summed E-state index contributed by atoms with van der Waals surface area (Å²) in [6, 6.07) is 44.1. The molecular formula is C42H44Si. The number of allylic oxidation sites excluding steroid dienone is 1. The number of hydrogen-bond acceptors (Lipinski definition) is 0. The minimum Gasteiger partial charge on any atom is -0.103 e. The highest BCUT2D eigenvalue weighted by molar-refractivity contribution is 6.88. The first-order valence-electron chi connectivity index (χ1n) is 15.9. The van der Waals surface area contributed by atoms with E-state index in [-0.39, 0.29) is 5.41 Å². The van der Waals surface area contributed by atoms with E-state index in [0.717, 1.165) is 19.3 Å². The molecule has 1 heteroatoms. The number of benzene rings is 5. The highest BCUT2D eigenvalue weighted by atomic mass is 28.3. The zero-order chi connectivity index (χ0) is 30.2. The van der Waals surface area contributed by atoms with Crippen LogP contribution in [0.1, 0.15) is 61.3 Å². The first-order valence-corrected chi connectivity index (χ1v) is 19.4. The Morgan fingerprint density at radius 2 is 1.21 bits per heavy atom. The zero-order valence-corrected chi connectivity index (χ0v) is 27.5. The predicted molar refractivity (Wildman–Crippen MR) is 190 cm³/mol. The van der Waals surface area contributed by atoms with Crippen LogP contribution >= 0.6 is 0 Å². The molecule has 0 bridgehead atoms. The van der Waals surface area contributed by atoms with Gasteiger partial charge in [-0.1, -0.05) is 148 Å². The van der Waals surface area contributed by atoms with Crippen LogP contribution in [0.3, 0.4) is 0 Å². The molecule has 0 aromatic heterocycles. The molecule has 0 aliphatic heterocycles. The van der Waals surface area contributed by atoms with Crippen molar-refractivity contribution in [1.82, 2.24) is 0 Å². The fraction of sp³-hybridized carbons (Fsp3) is 0.238. The minimum absolute atomic E-state index is 0.256. The summed E-state index contributed by atoms with van der Waals surface area (Å²) in [6.07, 6.45) is 5.17.